The fourth-order valence-corrected chi connectivity index (χ4v) is 5.78. The summed E-state index contributed by atoms with van der Waals surface area (Å²) in [5, 5.41) is 27.0. The highest BCUT2D eigenvalue weighted by molar-refractivity contribution is 7.15. The van der Waals surface area contributed by atoms with Crippen LogP contribution in [0.15, 0.2) is 54.9 Å². The van der Waals surface area contributed by atoms with E-state index in [0.717, 1.165) is 46.5 Å². The Kier molecular flexibility index (Phi) is 7.66. The van der Waals surface area contributed by atoms with E-state index in [1.807, 2.05) is 13.0 Å². The van der Waals surface area contributed by atoms with Crippen molar-refractivity contribution in [2.24, 2.45) is 0 Å². The maximum Gasteiger partial charge on any atom is 0.433 e. The lowest BCUT2D eigenvalue weighted by atomic mass is 9.82. The van der Waals surface area contributed by atoms with Gasteiger partial charge in [-0.05, 0) is 80.1 Å². The molecule has 2 aromatic carbocycles. The van der Waals surface area contributed by atoms with Crippen LogP contribution in [0, 0.1) is 12.7 Å². The minimum atomic E-state index is -4.59. The van der Waals surface area contributed by atoms with Crippen LogP contribution in [0.5, 0.6) is 5.75 Å². The molecular weight excluding hydrogens is 562 g/mol. The van der Waals surface area contributed by atoms with Crippen LogP contribution in [-0.2, 0) is 11.8 Å². The van der Waals surface area contributed by atoms with Gasteiger partial charge in [0, 0.05) is 24.1 Å². The average Bonchev–Trinajstić information content (AvgIpc) is 3.42. The van der Waals surface area contributed by atoms with Crippen LogP contribution in [0.2, 0.25) is 0 Å². The number of phenolic OH excluding ortho intramolecular Hbond substituents is 1. The van der Waals surface area contributed by atoms with Crippen molar-refractivity contribution in [3.05, 3.63) is 82.5 Å². The molecule has 1 aliphatic rings. The molecule has 1 amide bonds. The van der Waals surface area contributed by atoms with E-state index in [1.54, 1.807) is 18.3 Å². The Bertz CT molecular complexity index is 1590. The molecule has 4 N–H and O–H groups in total. The van der Waals surface area contributed by atoms with E-state index in [2.05, 4.69) is 25.6 Å². The van der Waals surface area contributed by atoms with Gasteiger partial charge in [-0.1, -0.05) is 6.07 Å². The largest absolute Gasteiger partial charge is 0.508 e. The third-order valence-corrected chi connectivity index (χ3v) is 8.05. The van der Waals surface area contributed by atoms with Gasteiger partial charge in [0.05, 0.1) is 10.4 Å². The second-order valence-corrected chi connectivity index (χ2v) is 11.0. The van der Waals surface area contributed by atoms with E-state index in [4.69, 9.17) is 0 Å². The first kappa shape index (κ1) is 28.4. The normalized spacial score (nSPS) is 19.1. The number of phenols is 1. The number of alkyl halides is 3. The molecule has 0 atom stereocenters. The molecule has 1 aliphatic carbocycles. The van der Waals surface area contributed by atoms with Gasteiger partial charge in [0.15, 0.2) is 0 Å². The number of nitrogens with zero attached hydrogens (tertiary/aromatic N) is 3. The van der Waals surface area contributed by atoms with E-state index in [-0.39, 0.29) is 23.3 Å². The van der Waals surface area contributed by atoms with Gasteiger partial charge in [0.25, 0.3) is 5.91 Å². The van der Waals surface area contributed by atoms with E-state index in [0.29, 0.717) is 36.4 Å². The molecular formula is C28H25F4N5O3S. The minimum absolute atomic E-state index is 0.189. The van der Waals surface area contributed by atoms with E-state index < -0.39 is 29.2 Å². The maximum atomic E-state index is 14.0. The van der Waals surface area contributed by atoms with Crippen molar-refractivity contribution < 1.29 is 32.6 Å². The van der Waals surface area contributed by atoms with Crippen LogP contribution in [0.4, 0.5) is 29.2 Å². The number of halogens is 4. The van der Waals surface area contributed by atoms with Gasteiger partial charge >= 0.3 is 6.18 Å². The number of anilines is 2. The lowest BCUT2D eigenvalue weighted by Crippen LogP contribution is -2.42. The Morgan fingerprint density at radius 2 is 1.85 bits per heavy atom. The summed E-state index contributed by atoms with van der Waals surface area (Å²) in [5.74, 6) is -1.77. The number of aromatic hydroxyl groups is 1. The summed E-state index contributed by atoms with van der Waals surface area (Å²) in [7, 11) is 0. The maximum absolute atomic E-state index is 14.0. The van der Waals surface area contributed by atoms with Crippen molar-refractivity contribution in [3.63, 3.8) is 0 Å². The fraction of sp³-hybridized carbons (Fsp3) is 0.286. The first-order valence-corrected chi connectivity index (χ1v) is 13.5. The number of carbonyl (C=O) groups excluding carboxylic acids is 1. The van der Waals surface area contributed by atoms with Gasteiger partial charge in [-0.25, -0.2) is 19.3 Å². The van der Waals surface area contributed by atoms with E-state index in [1.165, 1.54) is 11.3 Å². The molecule has 1 fully saturated rings. The molecule has 2 aromatic heterocycles. The summed E-state index contributed by atoms with van der Waals surface area (Å²) in [6.45, 7) is 1.84. The predicted octanol–water partition coefficient (Wildman–Crippen LogP) is 6.08. The number of amides is 1. The molecule has 41 heavy (non-hydrogen) atoms. The second-order valence-electron chi connectivity index (χ2n) is 9.95. The zero-order valence-electron chi connectivity index (χ0n) is 21.7. The van der Waals surface area contributed by atoms with Crippen molar-refractivity contribution >= 4 is 28.9 Å². The molecule has 4 aromatic rings. The number of hydrogen-bond donors (Lipinski definition) is 4. The lowest BCUT2D eigenvalue weighted by molar-refractivity contribution is -0.141. The first-order chi connectivity index (χ1) is 19.4. The zero-order chi connectivity index (χ0) is 29.4. The fourth-order valence-electron chi connectivity index (χ4n) is 4.73. The lowest BCUT2D eigenvalue weighted by Gasteiger charge is -2.34. The SMILES string of the molecule is Cc1cc(Nc2nccc(C(F)(F)F)n2)cc(-c2cnc([C@]3(O)CC[C@@H](NC(=O)c4cc(O)ccc4F)CC3)s2)c1. The van der Waals surface area contributed by atoms with Gasteiger partial charge in [-0.3, -0.25) is 4.79 Å². The molecule has 0 bridgehead atoms. The van der Waals surface area contributed by atoms with Gasteiger partial charge < -0.3 is 20.8 Å². The monoisotopic (exact) mass is 587 g/mol. The van der Waals surface area contributed by atoms with Gasteiger partial charge in [-0.2, -0.15) is 13.2 Å². The van der Waals surface area contributed by atoms with Gasteiger partial charge in [0.2, 0.25) is 5.95 Å². The number of aliphatic hydroxyl groups is 1. The van der Waals surface area contributed by atoms with E-state index >= 15 is 0 Å². The summed E-state index contributed by atoms with van der Waals surface area (Å²) in [5.41, 5.74) is -0.429. The van der Waals surface area contributed by atoms with Crippen molar-refractivity contribution in [2.45, 2.75) is 50.4 Å². The third kappa shape index (κ3) is 6.46. The Balaban J connectivity index is 1.27. The summed E-state index contributed by atoms with van der Waals surface area (Å²) in [6.07, 6.45) is -0.404. The molecule has 0 saturated heterocycles. The van der Waals surface area contributed by atoms with Crippen LogP contribution in [0.1, 0.15) is 52.3 Å². The molecule has 0 spiro atoms. The second kappa shape index (κ2) is 11.1. The van der Waals surface area contributed by atoms with Crippen molar-refractivity contribution in [3.8, 4) is 16.2 Å². The molecule has 0 unspecified atom stereocenters. The highest BCUT2D eigenvalue weighted by atomic mass is 32.1. The molecule has 8 nitrogen and oxygen atoms in total. The molecule has 0 radical (unpaired) electrons. The number of carbonyl (C=O) groups is 1. The number of aromatic nitrogens is 3. The van der Waals surface area contributed by atoms with Crippen LogP contribution in [-0.4, -0.2) is 37.1 Å². The summed E-state index contributed by atoms with van der Waals surface area (Å²) in [4.78, 5) is 25.2. The molecule has 0 aliphatic heterocycles. The van der Waals surface area contributed by atoms with Crippen molar-refractivity contribution in [1.82, 2.24) is 20.3 Å². The van der Waals surface area contributed by atoms with Crippen LogP contribution >= 0.6 is 11.3 Å². The predicted molar refractivity (Wildman–Crippen MR) is 144 cm³/mol. The summed E-state index contributed by atoms with van der Waals surface area (Å²) >= 11 is 1.30. The Morgan fingerprint density at radius 1 is 1.10 bits per heavy atom. The van der Waals surface area contributed by atoms with Crippen LogP contribution in [0.3, 0.4) is 0 Å². The highest BCUT2D eigenvalue weighted by Gasteiger charge is 2.38. The van der Waals surface area contributed by atoms with Crippen molar-refractivity contribution in [2.75, 3.05) is 5.32 Å². The smallest absolute Gasteiger partial charge is 0.433 e. The van der Waals surface area contributed by atoms with E-state index in [9.17, 15) is 32.6 Å². The molecule has 2 heterocycles. The molecule has 13 heteroatoms. The summed E-state index contributed by atoms with van der Waals surface area (Å²) < 4.78 is 53.1. The number of benzene rings is 2. The number of thiazole rings is 1. The van der Waals surface area contributed by atoms with Crippen LogP contribution in [0.25, 0.3) is 10.4 Å². The number of nitrogens with one attached hydrogen (secondary N) is 2. The van der Waals surface area contributed by atoms with Gasteiger partial charge in [-0.15, -0.1) is 11.3 Å². The Hall–Kier alpha value is -4.10. The number of rotatable bonds is 6. The minimum Gasteiger partial charge on any atom is -0.508 e. The van der Waals surface area contributed by atoms with Gasteiger partial charge in [0.1, 0.15) is 27.9 Å². The number of aryl methyl sites for hydroxylation is 1. The molecule has 1 saturated carbocycles. The molecule has 5 rings (SSSR count). The highest BCUT2D eigenvalue weighted by Crippen LogP contribution is 2.41. The third-order valence-electron chi connectivity index (χ3n) is 6.81. The average molecular weight is 588 g/mol. The van der Waals surface area contributed by atoms with Crippen molar-refractivity contribution in [1.29, 1.82) is 0 Å². The quantitative estimate of drug-likeness (QED) is 0.202. The summed E-state index contributed by atoms with van der Waals surface area (Å²) in [6, 6.07) is 9.15. The zero-order valence-corrected chi connectivity index (χ0v) is 22.5. The number of hydrogen-bond acceptors (Lipinski definition) is 8. The first-order valence-electron chi connectivity index (χ1n) is 12.7. The topological polar surface area (TPSA) is 120 Å². The molecule has 214 valence electrons. The van der Waals surface area contributed by atoms with Crippen LogP contribution < -0.4 is 10.6 Å². The Labute approximate surface area is 236 Å². The standard InChI is InChI=1S/C28H25F4N5O3S/c1-15-10-16(12-18(11-15)36-26-33-9-6-23(37-26)28(30,31)32)22-14-34-25(41-22)27(40)7-4-17(5-8-27)35-24(39)20-13-19(38)2-3-21(20)29/h2-3,6,9-14,17,38,40H,4-5,7-8H2,1H3,(H,35,39)(H,33,36,37)/t17-,27+. The Morgan fingerprint density at radius 3 is 2.59 bits per heavy atom.